The quantitative estimate of drug-likeness (QED) is 0.855. The lowest BCUT2D eigenvalue weighted by Gasteiger charge is -2.25. The highest BCUT2D eigenvalue weighted by atomic mass is 35.5. The first-order valence-electron chi connectivity index (χ1n) is 6.02. The zero-order valence-corrected chi connectivity index (χ0v) is 12.1. The van der Waals surface area contributed by atoms with Gasteiger partial charge >= 0.3 is 0 Å². The lowest BCUT2D eigenvalue weighted by atomic mass is 10.1. The van der Waals surface area contributed by atoms with Crippen molar-refractivity contribution in [2.45, 2.75) is 25.7 Å². The monoisotopic (exact) mass is 299 g/mol. The van der Waals surface area contributed by atoms with Gasteiger partial charge in [-0.15, -0.1) is 0 Å². The topological polar surface area (TPSA) is 29.5 Å². The van der Waals surface area contributed by atoms with Crippen LogP contribution in [0.15, 0.2) is 40.9 Å². The van der Waals surface area contributed by atoms with Gasteiger partial charge in [0.1, 0.15) is 16.5 Å². The number of hydrogen-bond acceptors (Lipinski definition) is 3. The number of ether oxygens (including phenoxy) is 1. The molecule has 2 atom stereocenters. The summed E-state index contributed by atoms with van der Waals surface area (Å²) in [5.74, 6) is 0.0810. The Morgan fingerprint density at radius 2 is 2.11 bits per heavy atom. The minimum atomic E-state index is -0.362. The van der Waals surface area contributed by atoms with Gasteiger partial charge in [0, 0.05) is 6.54 Å². The van der Waals surface area contributed by atoms with E-state index in [1.807, 2.05) is 35.2 Å². The van der Waals surface area contributed by atoms with Crippen LogP contribution in [0.25, 0.3) is 0 Å². The molecule has 3 nitrogen and oxygen atoms in total. The molecule has 0 aromatic heterocycles. The van der Waals surface area contributed by atoms with Crippen LogP contribution >= 0.6 is 23.2 Å². The van der Waals surface area contributed by atoms with Gasteiger partial charge in [0.05, 0.1) is 12.6 Å². The standard InChI is InChI=1S/C14H15Cl2NO2/c1-10(18)12-9-19-14(7-13(15)16)17(12)8-11-5-3-2-4-6-11/h2-7,12,14H,8-9H2,1H3/t12?,14-/m0/s1. The number of benzene rings is 1. The minimum Gasteiger partial charge on any atom is -0.357 e. The fourth-order valence-corrected chi connectivity index (χ4v) is 2.37. The van der Waals surface area contributed by atoms with E-state index in [0.29, 0.717) is 13.2 Å². The largest absolute Gasteiger partial charge is 0.357 e. The molecule has 102 valence electrons. The predicted molar refractivity (Wildman–Crippen MR) is 76.0 cm³/mol. The van der Waals surface area contributed by atoms with Crippen molar-refractivity contribution in [1.29, 1.82) is 0 Å². The molecule has 2 rings (SSSR count). The molecule has 5 heteroatoms. The summed E-state index contributed by atoms with van der Waals surface area (Å²) in [6.45, 7) is 2.55. The molecule has 0 N–H and O–H groups in total. The lowest BCUT2D eigenvalue weighted by molar-refractivity contribution is -0.121. The van der Waals surface area contributed by atoms with Gasteiger partial charge in [-0.1, -0.05) is 53.5 Å². The average molecular weight is 300 g/mol. The molecule has 0 amide bonds. The molecular formula is C14H15Cl2NO2. The van der Waals surface area contributed by atoms with Crippen LogP contribution in [0.5, 0.6) is 0 Å². The van der Waals surface area contributed by atoms with Crippen molar-refractivity contribution < 1.29 is 9.53 Å². The summed E-state index contributed by atoms with van der Waals surface area (Å²) in [6.07, 6.45) is 1.24. The van der Waals surface area contributed by atoms with E-state index in [9.17, 15) is 4.79 Å². The van der Waals surface area contributed by atoms with Gasteiger partial charge < -0.3 is 4.74 Å². The van der Waals surface area contributed by atoms with E-state index in [0.717, 1.165) is 5.56 Å². The van der Waals surface area contributed by atoms with Crippen LogP contribution in [0.4, 0.5) is 0 Å². The third-order valence-electron chi connectivity index (χ3n) is 3.10. The molecule has 1 aliphatic heterocycles. The summed E-state index contributed by atoms with van der Waals surface area (Å²) in [4.78, 5) is 13.6. The number of hydrogen-bond donors (Lipinski definition) is 0. The number of ketones is 1. The number of halogens is 2. The Labute approximate surface area is 122 Å². The van der Waals surface area contributed by atoms with Crippen molar-refractivity contribution >= 4 is 29.0 Å². The Bertz CT molecular complexity index is 472. The maximum Gasteiger partial charge on any atom is 0.149 e. The van der Waals surface area contributed by atoms with E-state index in [-0.39, 0.29) is 22.5 Å². The van der Waals surface area contributed by atoms with E-state index in [1.165, 1.54) is 0 Å². The maximum absolute atomic E-state index is 11.7. The minimum absolute atomic E-state index is 0.0810. The fraction of sp³-hybridized carbons (Fsp3) is 0.357. The summed E-state index contributed by atoms with van der Waals surface area (Å²) in [7, 11) is 0. The zero-order valence-electron chi connectivity index (χ0n) is 10.6. The first-order chi connectivity index (χ1) is 9.08. The van der Waals surface area contributed by atoms with Crippen molar-refractivity contribution in [2.24, 2.45) is 0 Å². The molecule has 0 saturated carbocycles. The van der Waals surface area contributed by atoms with Crippen LogP contribution in [0.1, 0.15) is 12.5 Å². The smallest absolute Gasteiger partial charge is 0.149 e. The third kappa shape index (κ3) is 3.80. The van der Waals surface area contributed by atoms with Crippen LogP contribution < -0.4 is 0 Å². The number of carbonyl (C=O) groups is 1. The normalized spacial score (nSPS) is 23.3. The second-order valence-electron chi connectivity index (χ2n) is 4.46. The Kier molecular flexibility index (Phi) is 4.99. The number of carbonyl (C=O) groups excluding carboxylic acids is 1. The van der Waals surface area contributed by atoms with Gasteiger partial charge in [-0.25, -0.2) is 0 Å². The molecule has 1 heterocycles. The Morgan fingerprint density at radius 1 is 1.42 bits per heavy atom. The Hall–Kier alpha value is -0.870. The van der Waals surface area contributed by atoms with E-state index in [2.05, 4.69) is 0 Å². The van der Waals surface area contributed by atoms with Crippen molar-refractivity contribution in [3.63, 3.8) is 0 Å². The maximum atomic E-state index is 11.7. The first kappa shape index (κ1) is 14.5. The van der Waals surface area contributed by atoms with Crippen LogP contribution in [0.2, 0.25) is 0 Å². The van der Waals surface area contributed by atoms with Crippen LogP contribution in [-0.2, 0) is 16.1 Å². The average Bonchev–Trinajstić information content (AvgIpc) is 2.73. The predicted octanol–water partition coefficient (Wildman–Crippen LogP) is 3.12. The molecule has 1 fully saturated rings. The van der Waals surface area contributed by atoms with Crippen LogP contribution in [-0.4, -0.2) is 29.6 Å². The SMILES string of the molecule is CC(=O)C1CO[C@@H](C=C(Cl)Cl)N1Cc1ccccc1. The fourth-order valence-electron chi connectivity index (χ4n) is 2.16. The van der Waals surface area contributed by atoms with Gasteiger partial charge in [-0.3, -0.25) is 9.69 Å². The molecule has 1 aromatic carbocycles. The molecule has 19 heavy (non-hydrogen) atoms. The number of rotatable bonds is 4. The number of nitrogens with zero attached hydrogens (tertiary/aromatic N) is 1. The van der Waals surface area contributed by atoms with E-state index < -0.39 is 0 Å². The van der Waals surface area contributed by atoms with Crippen molar-refractivity contribution in [3.8, 4) is 0 Å². The highest BCUT2D eigenvalue weighted by Gasteiger charge is 2.35. The molecule has 0 radical (unpaired) electrons. The third-order valence-corrected chi connectivity index (χ3v) is 3.35. The molecular weight excluding hydrogens is 285 g/mol. The van der Waals surface area contributed by atoms with E-state index in [4.69, 9.17) is 27.9 Å². The van der Waals surface area contributed by atoms with Crippen molar-refractivity contribution in [2.75, 3.05) is 6.61 Å². The summed E-state index contributed by atoms with van der Waals surface area (Å²) in [5, 5.41) is 0. The molecule has 0 bridgehead atoms. The summed E-state index contributed by atoms with van der Waals surface area (Å²) < 4.78 is 5.73. The van der Waals surface area contributed by atoms with E-state index in [1.54, 1.807) is 13.0 Å². The molecule has 1 unspecified atom stereocenters. The van der Waals surface area contributed by atoms with Crippen LogP contribution in [0.3, 0.4) is 0 Å². The Morgan fingerprint density at radius 3 is 2.68 bits per heavy atom. The zero-order chi connectivity index (χ0) is 13.8. The van der Waals surface area contributed by atoms with Gasteiger partial charge in [0.2, 0.25) is 0 Å². The molecule has 1 aliphatic rings. The summed E-state index contributed by atoms with van der Waals surface area (Å²) in [5.41, 5.74) is 1.11. The highest BCUT2D eigenvalue weighted by molar-refractivity contribution is 6.55. The van der Waals surface area contributed by atoms with Gasteiger partial charge in [0.15, 0.2) is 0 Å². The second kappa shape index (κ2) is 6.53. The Balaban J connectivity index is 2.19. The van der Waals surface area contributed by atoms with Gasteiger partial charge in [-0.2, -0.15) is 0 Å². The molecule has 1 aromatic rings. The molecule has 0 spiro atoms. The first-order valence-corrected chi connectivity index (χ1v) is 6.78. The highest BCUT2D eigenvalue weighted by Crippen LogP contribution is 2.24. The van der Waals surface area contributed by atoms with Gasteiger partial charge in [-0.05, 0) is 18.6 Å². The second-order valence-corrected chi connectivity index (χ2v) is 5.47. The summed E-state index contributed by atoms with van der Waals surface area (Å²) in [6, 6.07) is 9.66. The lowest BCUT2D eigenvalue weighted by Crippen LogP contribution is -2.39. The summed E-state index contributed by atoms with van der Waals surface area (Å²) >= 11 is 11.4. The van der Waals surface area contributed by atoms with E-state index >= 15 is 0 Å². The molecule has 1 saturated heterocycles. The number of Topliss-reactive ketones (excluding diaryl/α,β-unsaturated/α-hetero) is 1. The van der Waals surface area contributed by atoms with Crippen molar-refractivity contribution in [3.05, 3.63) is 46.5 Å². The van der Waals surface area contributed by atoms with Crippen molar-refractivity contribution in [1.82, 2.24) is 4.90 Å². The van der Waals surface area contributed by atoms with Gasteiger partial charge in [0.25, 0.3) is 0 Å². The van der Waals surface area contributed by atoms with Crippen LogP contribution in [0, 0.1) is 0 Å². The molecule has 0 aliphatic carbocycles.